The third kappa shape index (κ3) is 5.51. The summed E-state index contributed by atoms with van der Waals surface area (Å²) >= 11 is 0. The Morgan fingerprint density at radius 3 is 2.03 bits per heavy atom. The molecule has 0 bridgehead atoms. The monoisotopic (exact) mass is 467 g/mol. The summed E-state index contributed by atoms with van der Waals surface area (Å²) in [6.07, 6.45) is 2.11. The summed E-state index contributed by atoms with van der Waals surface area (Å²) in [5.41, 5.74) is 1.20. The summed E-state index contributed by atoms with van der Waals surface area (Å²) in [7, 11) is -3.67. The van der Waals surface area contributed by atoms with Gasteiger partial charge in [-0.1, -0.05) is 60.7 Å². The highest BCUT2D eigenvalue weighted by molar-refractivity contribution is 7.85. The van der Waals surface area contributed by atoms with E-state index in [4.69, 9.17) is 4.55 Å². The average Bonchev–Trinajstić information content (AvgIpc) is 2.77. The van der Waals surface area contributed by atoms with Gasteiger partial charge in [-0.25, -0.2) is 0 Å². The van der Waals surface area contributed by atoms with Gasteiger partial charge in [0.05, 0.1) is 24.5 Å². The van der Waals surface area contributed by atoms with Gasteiger partial charge in [-0.05, 0) is 63.2 Å². The predicted molar refractivity (Wildman–Crippen MR) is 133 cm³/mol. The molecule has 0 radical (unpaired) electrons. The van der Waals surface area contributed by atoms with Gasteiger partial charge in [-0.15, -0.1) is 0 Å². The molecule has 0 spiro atoms. The van der Waals surface area contributed by atoms with Crippen molar-refractivity contribution in [2.75, 3.05) is 6.26 Å². The molecule has 5 rings (SSSR count). The normalized spacial score (nSPS) is 21.2. The highest BCUT2D eigenvalue weighted by Gasteiger charge is 2.30. The summed E-state index contributed by atoms with van der Waals surface area (Å²) in [6.45, 7) is 0.623. The minimum absolute atomic E-state index is 0.268. The molecule has 1 aliphatic rings. The van der Waals surface area contributed by atoms with Crippen LogP contribution in [0.15, 0.2) is 66.7 Å². The fourth-order valence-corrected chi connectivity index (χ4v) is 4.73. The van der Waals surface area contributed by atoms with Gasteiger partial charge in [-0.2, -0.15) is 8.42 Å². The summed E-state index contributed by atoms with van der Waals surface area (Å²) in [5.74, 6) is 0. The zero-order chi connectivity index (χ0) is 23.6. The number of aliphatic hydroxyl groups is 2. The maximum atomic E-state index is 10.3. The van der Waals surface area contributed by atoms with Crippen LogP contribution in [-0.2, 0) is 16.7 Å². The van der Waals surface area contributed by atoms with E-state index < -0.39 is 22.3 Å². The van der Waals surface area contributed by atoms with E-state index in [1.807, 2.05) is 0 Å². The van der Waals surface area contributed by atoms with Crippen molar-refractivity contribution in [2.45, 2.75) is 44.1 Å². The van der Waals surface area contributed by atoms with Crippen molar-refractivity contribution < 1.29 is 23.2 Å². The van der Waals surface area contributed by atoms with E-state index in [-0.39, 0.29) is 6.04 Å². The third-order valence-corrected chi connectivity index (χ3v) is 6.21. The highest BCUT2D eigenvalue weighted by Crippen LogP contribution is 2.33. The Labute approximate surface area is 193 Å². The minimum Gasteiger partial charge on any atom is -0.391 e. The second-order valence-electron chi connectivity index (χ2n) is 8.67. The van der Waals surface area contributed by atoms with Gasteiger partial charge >= 0.3 is 0 Å². The average molecular weight is 468 g/mol. The zero-order valence-corrected chi connectivity index (χ0v) is 19.3. The second-order valence-corrected chi connectivity index (χ2v) is 10.1. The number of hydrogen-bond donors (Lipinski definition) is 4. The fraction of sp³-hybridized carbons (Fsp3) is 0.308. The lowest BCUT2D eigenvalue weighted by Crippen LogP contribution is -2.50. The minimum atomic E-state index is -3.67. The van der Waals surface area contributed by atoms with Gasteiger partial charge in [0.1, 0.15) is 0 Å². The van der Waals surface area contributed by atoms with Crippen LogP contribution in [0.2, 0.25) is 0 Å². The standard InChI is InChI=1S/C25H25NO2.CH4O3S/c27-23-10-5-11-24(28)25(23)26-15-17-14-22-18-7-2-1-6-16(18)12-13-21(22)20-9-4-3-8-19(17)20;1-5(2,3)4/h1-4,6-9,12-14,23-28H,5,10-11,15H2;1H3,(H,2,3,4)/t23-,24+,25+;. The van der Waals surface area contributed by atoms with Crippen LogP contribution in [0.5, 0.6) is 0 Å². The quantitative estimate of drug-likeness (QED) is 0.268. The number of benzene rings is 4. The molecule has 0 saturated heterocycles. The largest absolute Gasteiger partial charge is 0.391 e. The van der Waals surface area contributed by atoms with Crippen LogP contribution in [0.3, 0.4) is 0 Å². The Balaban J connectivity index is 0.000000471. The molecule has 4 N–H and O–H groups in total. The van der Waals surface area contributed by atoms with Crippen LogP contribution >= 0.6 is 0 Å². The van der Waals surface area contributed by atoms with Crippen molar-refractivity contribution in [1.29, 1.82) is 0 Å². The molecule has 7 heteroatoms. The summed E-state index contributed by atoms with van der Waals surface area (Å²) < 4.78 is 25.9. The third-order valence-electron chi connectivity index (χ3n) is 6.21. The van der Waals surface area contributed by atoms with E-state index in [1.165, 1.54) is 37.9 Å². The van der Waals surface area contributed by atoms with Crippen molar-refractivity contribution in [3.05, 3.63) is 72.3 Å². The SMILES string of the molecule is CS(=O)(=O)O.O[C@@H]1CCC[C@H](O)[C@H]1NCc1cc2c3ccccc3ccc2c2ccccc12. The van der Waals surface area contributed by atoms with Gasteiger partial charge in [0.2, 0.25) is 0 Å². The summed E-state index contributed by atoms with van der Waals surface area (Å²) in [6, 6.07) is 23.4. The number of nitrogens with one attached hydrogen (secondary N) is 1. The van der Waals surface area contributed by atoms with Crippen LogP contribution in [0, 0.1) is 0 Å². The molecule has 0 heterocycles. The zero-order valence-electron chi connectivity index (χ0n) is 18.5. The molecule has 6 nitrogen and oxygen atoms in total. The smallest absolute Gasteiger partial charge is 0.261 e. The predicted octanol–water partition coefficient (Wildman–Crippen LogP) is 4.01. The van der Waals surface area contributed by atoms with Crippen LogP contribution in [0.25, 0.3) is 32.3 Å². The van der Waals surface area contributed by atoms with Crippen molar-refractivity contribution in [2.24, 2.45) is 0 Å². The van der Waals surface area contributed by atoms with Gasteiger partial charge in [0.25, 0.3) is 10.1 Å². The number of hydrogen-bond acceptors (Lipinski definition) is 5. The lowest BCUT2D eigenvalue weighted by molar-refractivity contribution is 0.000915. The number of fused-ring (bicyclic) bond motifs is 5. The van der Waals surface area contributed by atoms with E-state index in [0.29, 0.717) is 12.8 Å². The van der Waals surface area contributed by atoms with Gasteiger partial charge in [-0.3, -0.25) is 4.55 Å². The number of rotatable bonds is 3. The van der Waals surface area contributed by atoms with Gasteiger partial charge in [0.15, 0.2) is 0 Å². The second kappa shape index (κ2) is 9.75. The van der Waals surface area contributed by atoms with E-state index in [0.717, 1.165) is 19.3 Å². The van der Waals surface area contributed by atoms with Crippen molar-refractivity contribution in [3.8, 4) is 0 Å². The maximum Gasteiger partial charge on any atom is 0.261 e. The Bertz CT molecular complexity index is 1370. The van der Waals surface area contributed by atoms with E-state index >= 15 is 0 Å². The molecule has 0 unspecified atom stereocenters. The first-order chi connectivity index (χ1) is 15.7. The molecule has 3 atom stereocenters. The molecule has 4 aromatic carbocycles. The van der Waals surface area contributed by atoms with E-state index in [1.54, 1.807) is 0 Å². The lowest BCUT2D eigenvalue weighted by atomic mass is 9.89. The van der Waals surface area contributed by atoms with Crippen molar-refractivity contribution in [3.63, 3.8) is 0 Å². The first-order valence-electron chi connectivity index (χ1n) is 11.1. The fourth-order valence-electron chi connectivity index (χ4n) is 4.73. The molecular formula is C26H29NO5S. The molecule has 0 aliphatic heterocycles. The summed E-state index contributed by atoms with van der Waals surface area (Å²) in [4.78, 5) is 0. The summed E-state index contributed by atoms with van der Waals surface area (Å²) in [5, 5.41) is 31.5. The molecule has 1 aliphatic carbocycles. The maximum absolute atomic E-state index is 10.3. The Morgan fingerprint density at radius 1 is 0.818 bits per heavy atom. The Kier molecular flexibility index (Phi) is 6.97. The molecule has 0 amide bonds. The van der Waals surface area contributed by atoms with Crippen LogP contribution in [0.4, 0.5) is 0 Å². The Morgan fingerprint density at radius 2 is 1.36 bits per heavy atom. The highest BCUT2D eigenvalue weighted by atomic mass is 32.2. The molecule has 0 aromatic heterocycles. The van der Waals surface area contributed by atoms with Gasteiger partial charge < -0.3 is 15.5 Å². The van der Waals surface area contributed by atoms with Crippen LogP contribution in [0.1, 0.15) is 24.8 Å². The van der Waals surface area contributed by atoms with E-state index in [9.17, 15) is 18.6 Å². The van der Waals surface area contributed by atoms with Crippen molar-refractivity contribution in [1.82, 2.24) is 5.32 Å². The van der Waals surface area contributed by atoms with Gasteiger partial charge in [0, 0.05) is 6.54 Å². The lowest BCUT2D eigenvalue weighted by Gasteiger charge is -2.33. The first-order valence-corrected chi connectivity index (χ1v) is 12.9. The molecule has 4 aromatic rings. The van der Waals surface area contributed by atoms with Crippen LogP contribution in [-0.4, -0.2) is 47.7 Å². The van der Waals surface area contributed by atoms with E-state index in [2.05, 4.69) is 72.0 Å². The molecule has 174 valence electrons. The van der Waals surface area contributed by atoms with Crippen LogP contribution < -0.4 is 5.32 Å². The number of aliphatic hydroxyl groups excluding tert-OH is 2. The molecule has 1 fully saturated rings. The Hall–Kier alpha value is -2.55. The molecule has 1 saturated carbocycles. The van der Waals surface area contributed by atoms with Crippen molar-refractivity contribution >= 4 is 42.4 Å². The molecular weight excluding hydrogens is 438 g/mol. The first kappa shape index (κ1) is 23.6. The topological polar surface area (TPSA) is 107 Å². The molecule has 33 heavy (non-hydrogen) atoms.